The van der Waals surface area contributed by atoms with Crippen molar-refractivity contribution in [1.29, 1.82) is 0 Å². The topological polar surface area (TPSA) is 92.6 Å². The molecule has 154 valence electrons. The maximum Gasteiger partial charge on any atom is 0.417 e. The number of carbonyl (C=O) groups is 2. The monoisotopic (exact) mass is 405 g/mol. The minimum Gasteiger partial charge on any atom is -0.439 e. The van der Waals surface area contributed by atoms with Crippen LogP contribution in [0.5, 0.6) is 0 Å². The van der Waals surface area contributed by atoms with E-state index in [1.807, 2.05) is 44.2 Å². The first kappa shape index (κ1) is 20.0. The molecule has 0 saturated carbocycles. The summed E-state index contributed by atoms with van der Waals surface area (Å²) < 4.78 is 5.50. The van der Waals surface area contributed by atoms with Crippen molar-refractivity contribution >= 4 is 22.9 Å². The van der Waals surface area contributed by atoms with Crippen LogP contribution in [0.1, 0.15) is 34.8 Å². The van der Waals surface area contributed by atoms with Gasteiger partial charge < -0.3 is 9.84 Å². The maximum absolute atomic E-state index is 12.9. The van der Waals surface area contributed by atoms with Gasteiger partial charge in [-0.15, -0.1) is 0 Å². The van der Waals surface area contributed by atoms with Crippen LogP contribution in [0.15, 0.2) is 48.9 Å². The van der Waals surface area contributed by atoms with Gasteiger partial charge in [0, 0.05) is 30.4 Å². The highest BCUT2D eigenvalue weighted by Crippen LogP contribution is 2.34. The van der Waals surface area contributed by atoms with Crippen molar-refractivity contribution in [2.45, 2.75) is 38.8 Å². The van der Waals surface area contributed by atoms with Gasteiger partial charge in [-0.25, -0.2) is 9.69 Å². The summed E-state index contributed by atoms with van der Waals surface area (Å²) in [6, 6.07) is 8.83. The summed E-state index contributed by atoms with van der Waals surface area (Å²) in [5.74, 6) is -0.390. The minimum absolute atomic E-state index is 0.0858. The van der Waals surface area contributed by atoms with Crippen LogP contribution in [0.25, 0.3) is 10.9 Å². The quantitative estimate of drug-likeness (QED) is 0.700. The van der Waals surface area contributed by atoms with Gasteiger partial charge in [-0.1, -0.05) is 29.3 Å². The molecule has 7 nitrogen and oxygen atoms in total. The lowest BCUT2D eigenvalue weighted by atomic mass is 9.98. The second kappa shape index (κ2) is 8.20. The number of fused-ring (bicyclic) bond motifs is 1. The zero-order valence-corrected chi connectivity index (χ0v) is 16.9. The number of aliphatic hydroxyl groups excluding tert-OH is 1. The first-order chi connectivity index (χ1) is 14.5. The standard InChI is InChI=1S/C23H23N3O4/c1-14-8-15(2)10-18(9-14)22-19(13-27)26(23(29)30-22)20(28)6-5-17-12-24-11-16-4-3-7-25-21(16)17/h3-4,7-12,19,22,27H,5-6,13H2,1-2H3/t19-,22+/m0/s1. The largest absolute Gasteiger partial charge is 0.439 e. The smallest absolute Gasteiger partial charge is 0.417 e. The molecular formula is C23H23N3O4. The van der Waals surface area contributed by atoms with Gasteiger partial charge in [0.2, 0.25) is 5.91 Å². The molecule has 1 aromatic carbocycles. The fraction of sp³-hybridized carbons (Fsp3) is 0.304. The number of nitrogens with zero attached hydrogens (tertiary/aromatic N) is 3. The summed E-state index contributed by atoms with van der Waals surface area (Å²) >= 11 is 0. The Labute approximate surface area is 174 Å². The molecule has 0 radical (unpaired) electrons. The lowest BCUT2D eigenvalue weighted by Gasteiger charge is -2.22. The Balaban J connectivity index is 1.53. The molecule has 2 atom stereocenters. The molecule has 0 bridgehead atoms. The van der Waals surface area contributed by atoms with E-state index >= 15 is 0 Å². The number of aromatic nitrogens is 2. The number of ether oxygens (including phenoxy) is 1. The highest BCUT2D eigenvalue weighted by molar-refractivity contribution is 5.94. The zero-order chi connectivity index (χ0) is 21.3. The van der Waals surface area contributed by atoms with Gasteiger partial charge in [-0.2, -0.15) is 0 Å². The Bertz CT molecular complexity index is 1090. The molecule has 1 fully saturated rings. The summed E-state index contributed by atoms with van der Waals surface area (Å²) in [6.07, 6.45) is 4.16. The molecule has 1 saturated heterocycles. The van der Waals surface area contributed by atoms with E-state index in [2.05, 4.69) is 9.97 Å². The number of aliphatic hydroxyl groups is 1. The number of hydrogen-bond donors (Lipinski definition) is 1. The number of pyridine rings is 2. The molecule has 1 N–H and O–H groups in total. The first-order valence-corrected chi connectivity index (χ1v) is 9.87. The molecule has 3 aromatic rings. The lowest BCUT2D eigenvalue weighted by molar-refractivity contribution is -0.129. The van der Waals surface area contributed by atoms with E-state index in [1.54, 1.807) is 18.6 Å². The molecule has 0 spiro atoms. The van der Waals surface area contributed by atoms with Gasteiger partial charge in [0.1, 0.15) is 6.04 Å². The normalized spacial score (nSPS) is 18.6. The van der Waals surface area contributed by atoms with Gasteiger partial charge in [-0.05, 0) is 43.5 Å². The van der Waals surface area contributed by atoms with Crippen LogP contribution < -0.4 is 0 Å². The molecule has 0 unspecified atom stereocenters. The van der Waals surface area contributed by atoms with E-state index < -0.39 is 18.2 Å². The third-order valence-corrected chi connectivity index (χ3v) is 5.33. The van der Waals surface area contributed by atoms with Gasteiger partial charge in [0.05, 0.1) is 12.1 Å². The van der Waals surface area contributed by atoms with E-state index in [9.17, 15) is 14.7 Å². The van der Waals surface area contributed by atoms with Gasteiger partial charge >= 0.3 is 6.09 Å². The van der Waals surface area contributed by atoms with E-state index in [-0.39, 0.29) is 18.9 Å². The molecule has 7 heteroatoms. The Morgan fingerprint density at radius 1 is 1.20 bits per heavy atom. The Morgan fingerprint density at radius 2 is 1.97 bits per heavy atom. The van der Waals surface area contributed by atoms with Crippen LogP contribution in [0.4, 0.5) is 4.79 Å². The molecule has 30 heavy (non-hydrogen) atoms. The highest BCUT2D eigenvalue weighted by atomic mass is 16.6. The second-order valence-corrected chi connectivity index (χ2v) is 7.61. The van der Waals surface area contributed by atoms with Crippen molar-refractivity contribution < 1.29 is 19.4 Å². The van der Waals surface area contributed by atoms with Gasteiger partial charge in [0.15, 0.2) is 6.10 Å². The predicted molar refractivity (Wildman–Crippen MR) is 111 cm³/mol. The van der Waals surface area contributed by atoms with E-state index in [4.69, 9.17) is 4.74 Å². The van der Waals surface area contributed by atoms with Crippen molar-refractivity contribution in [3.05, 3.63) is 71.2 Å². The highest BCUT2D eigenvalue weighted by Gasteiger charge is 2.45. The van der Waals surface area contributed by atoms with Gasteiger partial charge in [-0.3, -0.25) is 14.8 Å². The zero-order valence-electron chi connectivity index (χ0n) is 16.9. The number of benzene rings is 1. The van der Waals surface area contributed by atoms with E-state index in [0.29, 0.717) is 6.42 Å². The number of carbonyl (C=O) groups excluding carboxylic acids is 2. The Morgan fingerprint density at radius 3 is 2.70 bits per heavy atom. The van der Waals surface area contributed by atoms with Crippen molar-refractivity contribution in [1.82, 2.24) is 14.9 Å². The summed E-state index contributed by atoms with van der Waals surface area (Å²) in [6.45, 7) is 3.54. The predicted octanol–water partition coefficient (Wildman–Crippen LogP) is 3.26. The van der Waals surface area contributed by atoms with Crippen LogP contribution in [0.3, 0.4) is 0 Å². The molecule has 1 aliphatic rings. The van der Waals surface area contributed by atoms with E-state index in [0.717, 1.165) is 38.1 Å². The number of cyclic esters (lactones) is 1. The van der Waals surface area contributed by atoms with E-state index in [1.165, 1.54) is 0 Å². The summed E-state index contributed by atoms with van der Waals surface area (Å²) in [5.41, 5.74) is 4.45. The molecule has 0 aliphatic carbocycles. The first-order valence-electron chi connectivity index (χ1n) is 9.87. The fourth-order valence-corrected chi connectivity index (χ4v) is 4.05. The second-order valence-electron chi connectivity index (χ2n) is 7.61. The van der Waals surface area contributed by atoms with Crippen molar-refractivity contribution in [2.24, 2.45) is 0 Å². The summed E-state index contributed by atoms with van der Waals surface area (Å²) in [5, 5.41) is 10.8. The van der Waals surface area contributed by atoms with Crippen LogP contribution in [0.2, 0.25) is 0 Å². The van der Waals surface area contributed by atoms with Crippen LogP contribution in [0, 0.1) is 13.8 Å². The number of hydrogen-bond acceptors (Lipinski definition) is 6. The third-order valence-electron chi connectivity index (χ3n) is 5.33. The number of amides is 2. The summed E-state index contributed by atoms with van der Waals surface area (Å²) in [7, 11) is 0. The minimum atomic E-state index is -0.755. The summed E-state index contributed by atoms with van der Waals surface area (Å²) in [4.78, 5) is 35.1. The fourth-order valence-electron chi connectivity index (χ4n) is 4.05. The van der Waals surface area contributed by atoms with Crippen molar-refractivity contribution in [2.75, 3.05) is 6.61 Å². The third kappa shape index (κ3) is 3.76. The molecular weight excluding hydrogens is 382 g/mol. The number of imide groups is 1. The average molecular weight is 405 g/mol. The molecule has 3 heterocycles. The number of aryl methyl sites for hydroxylation is 3. The molecule has 2 amide bonds. The van der Waals surface area contributed by atoms with Crippen LogP contribution in [-0.2, 0) is 16.0 Å². The molecule has 1 aliphatic heterocycles. The van der Waals surface area contributed by atoms with Crippen LogP contribution in [-0.4, -0.2) is 44.6 Å². The SMILES string of the molecule is Cc1cc(C)cc([C@H]2OC(=O)N(C(=O)CCc3cncc4cccnc34)[C@H]2CO)c1. The lowest BCUT2D eigenvalue weighted by Crippen LogP contribution is -2.41. The number of rotatable bonds is 5. The maximum atomic E-state index is 12.9. The molecule has 2 aromatic heterocycles. The average Bonchev–Trinajstić information content (AvgIpc) is 3.07. The Kier molecular flexibility index (Phi) is 5.46. The van der Waals surface area contributed by atoms with Crippen LogP contribution >= 0.6 is 0 Å². The van der Waals surface area contributed by atoms with Crippen molar-refractivity contribution in [3.8, 4) is 0 Å². The Hall–Kier alpha value is -3.32. The van der Waals surface area contributed by atoms with Gasteiger partial charge in [0.25, 0.3) is 0 Å². The van der Waals surface area contributed by atoms with Crippen molar-refractivity contribution in [3.63, 3.8) is 0 Å². The molecule has 4 rings (SSSR count).